The summed E-state index contributed by atoms with van der Waals surface area (Å²) in [5.74, 6) is -1.06. The molecule has 24 heavy (non-hydrogen) atoms. The molecule has 0 saturated heterocycles. The molecule has 0 aliphatic heterocycles. The van der Waals surface area contributed by atoms with Gasteiger partial charge in [0.25, 0.3) is 0 Å². The molecule has 1 aromatic carbocycles. The Bertz CT molecular complexity index is 566. The highest BCUT2D eigenvalue weighted by Crippen LogP contribution is 2.23. The lowest BCUT2D eigenvalue weighted by Crippen LogP contribution is -2.45. The van der Waals surface area contributed by atoms with Crippen molar-refractivity contribution in [1.82, 2.24) is 5.32 Å². The molecule has 2 N–H and O–H groups in total. The van der Waals surface area contributed by atoms with E-state index in [2.05, 4.69) is 26.1 Å². The molecule has 4 nitrogen and oxygen atoms in total. The molecule has 0 heterocycles. The van der Waals surface area contributed by atoms with Gasteiger partial charge in [-0.05, 0) is 23.8 Å². The standard InChI is InChI=1S/C20H29NO3/c1-20(2,3)15-11-9-14(10-12-15)18(22)13-17(19(23)24)21-16-7-5-4-6-8-16/h9-12,16-17,21H,4-8,13H2,1-3H3,(H,23,24). The molecule has 1 unspecified atom stereocenters. The van der Waals surface area contributed by atoms with Crippen LogP contribution in [0.4, 0.5) is 0 Å². The molecule has 0 aromatic heterocycles. The Morgan fingerprint density at radius 2 is 1.71 bits per heavy atom. The molecule has 0 spiro atoms. The molecule has 132 valence electrons. The second-order valence-corrected chi connectivity index (χ2v) is 7.85. The van der Waals surface area contributed by atoms with Crippen molar-refractivity contribution in [3.05, 3.63) is 35.4 Å². The van der Waals surface area contributed by atoms with E-state index in [1.54, 1.807) is 0 Å². The van der Waals surface area contributed by atoms with Gasteiger partial charge < -0.3 is 10.4 Å². The third-order valence-electron chi connectivity index (χ3n) is 4.80. The highest BCUT2D eigenvalue weighted by atomic mass is 16.4. The second-order valence-electron chi connectivity index (χ2n) is 7.85. The van der Waals surface area contributed by atoms with E-state index >= 15 is 0 Å². The lowest BCUT2D eigenvalue weighted by atomic mass is 9.86. The highest BCUT2D eigenvalue weighted by molar-refractivity contribution is 5.98. The molecule has 1 aliphatic carbocycles. The van der Waals surface area contributed by atoms with Crippen LogP contribution in [0.1, 0.15) is 75.2 Å². The largest absolute Gasteiger partial charge is 0.480 e. The Hall–Kier alpha value is -1.68. The van der Waals surface area contributed by atoms with Crippen LogP contribution in [0.25, 0.3) is 0 Å². The lowest BCUT2D eigenvalue weighted by Gasteiger charge is -2.26. The maximum Gasteiger partial charge on any atom is 0.321 e. The van der Waals surface area contributed by atoms with Gasteiger partial charge in [-0.25, -0.2) is 0 Å². The Labute approximate surface area is 144 Å². The monoisotopic (exact) mass is 331 g/mol. The number of hydrogen-bond acceptors (Lipinski definition) is 3. The van der Waals surface area contributed by atoms with Gasteiger partial charge in [-0.2, -0.15) is 0 Å². The summed E-state index contributed by atoms with van der Waals surface area (Å²) in [6.07, 6.45) is 5.48. The van der Waals surface area contributed by atoms with Crippen molar-refractivity contribution in [2.24, 2.45) is 0 Å². The fourth-order valence-electron chi connectivity index (χ4n) is 3.23. The minimum absolute atomic E-state index is 0.000692. The number of hydrogen-bond donors (Lipinski definition) is 2. The summed E-state index contributed by atoms with van der Waals surface area (Å²) in [6.45, 7) is 6.37. The summed E-state index contributed by atoms with van der Waals surface area (Å²) in [5, 5.41) is 12.6. The van der Waals surface area contributed by atoms with Crippen LogP contribution in [0.3, 0.4) is 0 Å². The van der Waals surface area contributed by atoms with Gasteiger partial charge in [-0.15, -0.1) is 0 Å². The van der Waals surface area contributed by atoms with Crippen molar-refractivity contribution < 1.29 is 14.7 Å². The Balaban J connectivity index is 2.00. The molecular weight excluding hydrogens is 302 g/mol. The highest BCUT2D eigenvalue weighted by Gasteiger charge is 2.26. The number of aliphatic carboxylic acids is 1. The first-order valence-electron chi connectivity index (χ1n) is 8.90. The Kier molecular flexibility index (Phi) is 6.16. The number of carbonyl (C=O) groups is 2. The fourth-order valence-corrected chi connectivity index (χ4v) is 3.23. The van der Waals surface area contributed by atoms with Crippen LogP contribution in [0.5, 0.6) is 0 Å². The van der Waals surface area contributed by atoms with Crippen LogP contribution in [0.2, 0.25) is 0 Å². The maximum absolute atomic E-state index is 12.5. The summed E-state index contributed by atoms with van der Waals surface area (Å²) < 4.78 is 0. The SMILES string of the molecule is CC(C)(C)c1ccc(C(=O)CC(NC2CCCCC2)C(=O)O)cc1. The molecule has 1 aliphatic rings. The van der Waals surface area contributed by atoms with E-state index in [1.807, 2.05) is 24.3 Å². The van der Waals surface area contributed by atoms with E-state index in [0.717, 1.165) is 31.2 Å². The Morgan fingerprint density at radius 3 is 2.21 bits per heavy atom. The van der Waals surface area contributed by atoms with Gasteiger partial charge in [0.1, 0.15) is 6.04 Å². The molecule has 2 rings (SSSR count). The molecule has 0 bridgehead atoms. The number of rotatable bonds is 6. The number of carbonyl (C=O) groups excluding carboxylic acids is 1. The lowest BCUT2D eigenvalue weighted by molar-refractivity contribution is -0.139. The number of ketones is 1. The van der Waals surface area contributed by atoms with E-state index in [1.165, 1.54) is 6.42 Å². The molecule has 0 amide bonds. The first kappa shape index (κ1) is 18.7. The predicted octanol–water partition coefficient (Wildman–Crippen LogP) is 3.93. The van der Waals surface area contributed by atoms with Gasteiger partial charge in [0.15, 0.2) is 5.78 Å². The zero-order valence-electron chi connectivity index (χ0n) is 15.0. The smallest absolute Gasteiger partial charge is 0.321 e. The molecule has 1 saturated carbocycles. The van der Waals surface area contributed by atoms with Gasteiger partial charge >= 0.3 is 5.97 Å². The number of carboxylic acids is 1. The zero-order chi connectivity index (χ0) is 17.7. The summed E-state index contributed by atoms with van der Waals surface area (Å²) in [7, 11) is 0. The molecule has 4 heteroatoms. The second kappa shape index (κ2) is 7.93. The third kappa shape index (κ3) is 5.17. The molecular formula is C20H29NO3. The van der Waals surface area contributed by atoms with E-state index in [4.69, 9.17) is 0 Å². The van der Waals surface area contributed by atoms with Crippen LogP contribution in [-0.2, 0) is 10.2 Å². The molecule has 1 fully saturated rings. The molecule has 1 aromatic rings. The number of benzene rings is 1. The summed E-state index contributed by atoms with van der Waals surface area (Å²) in [4.78, 5) is 24.0. The van der Waals surface area contributed by atoms with E-state index < -0.39 is 12.0 Å². The van der Waals surface area contributed by atoms with Gasteiger partial charge in [-0.3, -0.25) is 9.59 Å². The normalized spacial score (nSPS) is 17.5. The van der Waals surface area contributed by atoms with Crippen molar-refractivity contribution >= 4 is 11.8 Å². The van der Waals surface area contributed by atoms with Crippen LogP contribution < -0.4 is 5.32 Å². The van der Waals surface area contributed by atoms with Crippen molar-refractivity contribution in [3.8, 4) is 0 Å². The van der Waals surface area contributed by atoms with Gasteiger partial charge in [0.2, 0.25) is 0 Å². The topological polar surface area (TPSA) is 66.4 Å². The average Bonchev–Trinajstić information content (AvgIpc) is 2.54. The summed E-state index contributed by atoms with van der Waals surface area (Å²) in [5.41, 5.74) is 1.78. The molecule has 1 atom stereocenters. The van der Waals surface area contributed by atoms with Crippen molar-refractivity contribution in [2.45, 2.75) is 76.8 Å². The average molecular weight is 331 g/mol. The minimum Gasteiger partial charge on any atom is -0.480 e. The number of carboxylic acid groups (broad SMARTS) is 1. The van der Waals surface area contributed by atoms with E-state index in [-0.39, 0.29) is 23.7 Å². The van der Waals surface area contributed by atoms with Gasteiger partial charge in [0.05, 0.1) is 0 Å². The first-order valence-corrected chi connectivity index (χ1v) is 8.90. The van der Waals surface area contributed by atoms with Gasteiger partial charge in [0, 0.05) is 18.0 Å². The number of Topliss-reactive ketones (excluding diaryl/α,β-unsaturated/α-hetero) is 1. The number of nitrogens with one attached hydrogen (secondary N) is 1. The zero-order valence-corrected chi connectivity index (χ0v) is 15.0. The predicted molar refractivity (Wildman–Crippen MR) is 95.5 cm³/mol. The van der Waals surface area contributed by atoms with Crippen molar-refractivity contribution in [3.63, 3.8) is 0 Å². The van der Waals surface area contributed by atoms with Crippen LogP contribution in [0.15, 0.2) is 24.3 Å². The summed E-state index contributed by atoms with van der Waals surface area (Å²) >= 11 is 0. The first-order chi connectivity index (χ1) is 11.3. The third-order valence-corrected chi connectivity index (χ3v) is 4.80. The van der Waals surface area contributed by atoms with E-state index in [0.29, 0.717) is 5.56 Å². The minimum atomic E-state index is -0.944. The van der Waals surface area contributed by atoms with Crippen LogP contribution in [0, 0.1) is 0 Å². The van der Waals surface area contributed by atoms with Crippen molar-refractivity contribution in [1.29, 1.82) is 0 Å². The quantitative estimate of drug-likeness (QED) is 0.775. The van der Waals surface area contributed by atoms with Crippen molar-refractivity contribution in [2.75, 3.05) is 0 Å². The molecule has 0 radical (unpaired) electrons. The van der Waals surface area contributed by atoms with Crippen LogP contribution >= 0.6 is 0 Å². The van der Waals surface area contributed by atoms with E-state index in [9.17, 15) is 14.7 Å². The fraction of sp³-hybridized carbons (Fsp3) is 0.600. The van der Waals surface area contributed by atoms with Crippen LogP contribution in [-0.4, -0.2) is 28.9 Å². The summed E-state index contributed by atoms with van der Waals surface area (Å²) in [6, 6.07) is 6.94. The maximum atomic E-state index is 12.5. The Morgan fingerprint density at radius 1 is 1.12 bits per heavy atom. The van der Waals surface area contributed by atoms with Gasteiger partial charge in [-0.1, -0.05) is 64.3 Å².